The number of nitrogens with zero attached hydrogens (tertiary/aromatic N) is 1. The van der Waals surface area contributed by atoms with Gasteiger partial charge in [-0.05, 0) is 31.7 Å². The summed E-state index contributed by atoms with van der Waals surface area (Å²) in [5.74, 6) is 0.736. The van der Waals surface area contributed by atoms with Crippen LogP contribution < -0.4 is 5.32 Å². The van der Waals surface area contributed by atoms with Crippen molar-refractivity contribution in [3.05, 3.63) is 40.9 Å². The van der Waals surface area contributed by atoms with Crippen LogP contribution in [0, 0.1) is 6.92 Å². The van der Waals surface area contributed by atoms with Gasteiger partial charge in [0.25, 0.3) is 0 Å². The van der Waals surface area contributed by atoms with Crippen LogP contribution in [0.3, 0.4) is 0 Å². The first kappa shape index (κ1) is 11.2. The van der Waals surface area contributed by atoms with Crippen LogP contribution in [0.15, 0.2) is 29.0 Å². The van der Waals surface area contributed by atoms with Crippen molar-refractivity contribution in [2.75, 3.05) is 7.05 Å². The van der Waals surface area contributed by atoms with E-state index in [4.69, 9.17) is 16.0 Å². The first-order chi connectivity index (χ1) is 7.72. The molecule has 1 heterocycles. The van der Waals surface area contributed by atoms with Crippen LogP contribution in [0.1, 0.15) is 11.3 Å². The monoisotopic (exact) mass is 236 g/mol. The largest absolute Gasteiger partial charge is 0.443 e. The molecule has 1 N–H and O–H groups in total. The second kappa shape index (κ2) is 4.68. The van der Waals surface area contributed by atoms with E-state index in [0.29, 0.717) is 11.6 Å². The molecule has 1 aromatic heterocycles. The van der Waals surface area contributed by atoms with Gasteiger partial charge < -0.3 is 9.73 Å². The first-order valence-electron chi connectivity index (χ1n) is 5.06. The molecule has 0 aliphatic rings. The van der Waals surface area contributed by atoms with E-state index in [9.17, 15) is 0 Å². The summed E-state index contributed by atoms with van der Waals surface area (Å²) in [5.41, 5.74) is 2.88. The molecule has 0 saturated heterocycles. The summed E-state index contributed by atoms with van der Waals surface area (Å²) in [7, 11) is 1.87. The lowest BCUT2D eigenvalue weighted by Gasteiger charge is -2.04. The van der Waals surface area contributed by atoms with Gasteiger partial charge in [-0.3, -0.25) is 0 Å². The predicted octanol–water partition coefficient (Wildman–Crippen LogP) is 3.02. The van der Waals surface area contributed by atoms with E-state index in [1.165, 1.54) is 6.39 Å². The van der Waals surface area contributed by atoms with Crippen LogP contribution in [0.25, 0.3) is 11.3 Å². The highest BCUT2D eigenvalue weighted by Gasteiger charge is 2.13. The highest BCUT2D eigenvalue weighted by Crippen LogP contribution is 2.30. The highest BCUT2D eigenvalue weighted by atomic mass is 35.5. The van der Waals surface area contributed by atoms with Crippen molar-refractivity contribution >= 4 is 11.6 Å². The van der Waals surface area contributed by atoms with E-state index < -0.39 is 0 Å². The summed E-state index contributed by atoms with van der Waals surface area (Å²) in [6.45, 7) is 2.67. The second-order valence-corrected chi connectivity index (χ2v) is 4.05. The molecule has 4 heteroatoms. The van der Waals surface area contributed by atoms with Crippen molar-refractivity contribution in [2.24, 2.45) is 0 Å². The Kier molecular flexibility index (Phi) is 3.27. The number of hydrogen-bond acceptors (Lipinski definition) is 3. The Hall–Kier alpha value is -1.32. The summed E-state index contributed by atoms with van der Waals surface area (Å²) in [4.78, 5) is 4.16. The minimum Gasteiger partial charge on any atom is -0.443 e. The lowest BCUT2D eigenvalue weighted by Crippen LogP contribution is -2.06. The molecular weight excluding hydrogens is 224 g/mol. The van der Waals surface area contributed by atoms with Crippen molar-refractivity contribution in [3.8, 4) is 11.3 Å². The van der Waals surface area contributed by atoms with Gasteiger partial charge in [-0.25, -0.2) is 4.98 Å². The van der Waals surface area contributed by atoms with Gasteiger partial charge in [-0.1, -0.05) is 17.7 Å². The molecule has 0 aliphatic heterocycles. The average Bonchev–Trinajstić information content (AvgIpc) is 2.67. The SMILES string of the molecule is CNCc1ncoc1-c1ccc(C)cc1Cl. The molecule has 1 aromatic carbocycles. The third-order valence-electron chi connectivity index (χ3n) is 2.35. The molecular formula is C12H13ClN2O. The third kappa shape index (κ3) is 2.10. The van der Waals surface area contributed by atoms with Gasteiger partial charge in [0.1, 0.15) is 5.69 Å². The van der Waals surface area contributed by atoms with Gasteiger partial charge in [-0.15, -0.1) is 0 Å². The molecule has 0 unspecified atom stereocenters. The Morgan fingerprint density at radius 1 is 1.44 bits per heavy atom. The van der Waals surface area contributed by atoms with Gasteiger partial charge in [-0.2, -0.15) is 0 Å². The number of aromatic nitrogens is 1. The van der Waals surface area contributed by atoms with Crippen molar-refractivity contribution in [2.45, 2.75) is 13.5 Å². The van der Waals surface area contributed by atoms with Gasteiger partial charge in [0.2, 0.25) is 0 Å². The topological polar surface area (TPSA) is 38.1 Å². The molecule has 2 rings (SSSR count). The molecule has 0 spiro atoms. The number of oxazole rings is 1. The normalized spacial score (nSPS) is 10.7. The molecule has 0 bridgehead atoms. The van der Waals surface area contributed by atoms with Crippen molar-refractivity contribution < 1.29 is 4.42 Å². The zero-order chi connectivity index (χ0) is 11.5. The standard InChI is InChI=1S/C12H13ClN2O/c1-8-3-4-9(10(13)5-8)12-11(6-14-2)15-7-16-12/h3-5,7,14H,6H2,1-2H3. The fourth-order valence-electron chi connectivity index (χ4n) is 1.59. The summed E-state index contributed by atoms with van der Waals surface area (Å²) >= 11 is 6.18. The Balaban J connectivity index is 2.46. The Labute approximate surface area is 99.5 Å². The van der Waals surface area contributed by atoms with Crippen LogP contribution in [0.5, 0.6) is 0 Å². The third-order valence-corrected chi connectivity index (χ3v) is 2.67. The molecule has 0 amide bonds. The lowest BCUT2D eigenvalue weighted by molar-refractivity contribution is 0.570. The summed E-state index contributed by atoms with van der Waals surface area (Å²) < 4.78 is 5.39. The van der Waals surface area contributed by atoms with Gasteiger partial charge >= 0.3 is 0 Å². The van der Waals surface area contributed by atoms with Crippen LogP contribution in [0.4, 0.5) is 0 Å². The van der Waals surface area contributed by atoms with E-state index >= 15 is 0 Å². The number of nitrogens with one attached hydrogen (secondary N) is 1. The number of rotatable bonds is 3. The second-order valence-electron chi connectivity index (χ2n) is 3.64. The van der Waals surface area contributed by atoms with E-state index in [1.54, 1.807) is 0 Å². The molecule has 0 radical (unpaired) electrons. The number of hydrogen-bond donors (Lipinski definition) is 1. The van der Waals surface area contributed by atoms with Crippen LogP contribution in [-0.2, 0) is 6.54 Å². The minimum absolute atomic E-state index is 0.663. The zero-order valence-corrected chi connectivity index (χ0v) is 10.0. The maximum Gasteiger partial charge on any atom is 0.181 e. The maximum atomic E-state index is 6.18. The number of benzene rings is 1. The van der Waals surface area contributed by atoms with E-state index in [1.807, 2.05) is 32.2 Å². The smallest absolute Gasteiger partial charge is 0.181 e. The maximum absolute atomic E-state index is 6.18. The van der Waals surface area contributed by atoms with Gasteiger partial charge in [0.15, 0.2) is 12.2 Å². The quantitative estimate of drug-likeness (QED) is 0.890. The summed E-state index contributed by atoms with van der Waals surface area (Å²) in [5, 5.41) is 3.73. The van der Waals surface area contributed by atoms with Crippen molar-refractivity contribution in [3.63, 3.8) is 0 Å². The predicted molar refractivity (Wildman–Crippen MR) is 64.4 cm³/mol. The number of aryl methyl sites for hydroxylation is 1. The Morgan fingerprint density at radius 2 is 2.25 bits per heavy atom. The van der Waals surface area contributed by atoms with Crippen LogP contribution in [-0.4, -0.2) is 12.0 Å². The summed E-state index contributed by atoms with van der Waals surface area (Å²) in [6, 6.07) is 5.88. The molecule has 0 aliphatic carbocycles. The van der Waals surface area contributed by atoms with E-state index in [2.05, 4.69) is 10.3 Å². The van der Waals surface area contributed by atoms with Gasteiger partial charge in [0.05, 0.1) is 5.02 Å². The molecule has 0 saturated carbocycles. The zero-order valence-electron chi connectivity index (χ0n) is 9.25. The van der Waals surface area contributed by atoms with E-state index in [-0.39, 0.29) is 0 Å². The molecule has 2 aromatic rings. The minimum atomic E-state index is 0.663. The van der Waals surface area contributed by atoms with Gasteiger partial charge in [0, 0.05) is 12.1 Å². The first-order valence-corrected chi connectivity index (χ1v) is 5.43. The fourth-order valence-corrected chi connectivity index (χ4v) is 1.91. The lowest BCUT2D eigenvalue weighted by atomic mass is 10.1. The Bertz CT molecular complexity index is 494. The van der Waals surface area contributed by atoms with E-state index in [0.717, 1.165) is 22.6 Å². The molecule has 0 atom stereocenters. The average molecular weight is 237 g/mol. The fraction of sp³-hybridized carbons (Fsp3) is 0.250. The highest BCUT2D eigenvalue weighted by molar-refractivity contribution is 6.33. The Morgan fingerprint density at radius 3 is 2.94 bits per heavy atom. The molecule has 0 fully saturated rings. The van der Waals surface area contributed by atoms with Crippen molar-refractivity contribution in [1.29, 1.82) is 0 Å². The van der Waals surface area contributed by atoms with Crippen molar-refractivity contribution in [1.82, 2.24) is 10.3 Å². The summed E-state index contributed by atoms with van der Waals surface area (Å²) in [6.07, 6.45) is 1.44. The van der Waals surface area contributed by atoms with Crippen LogP contribution >= 0.6 is 11.6 Å². The molecule has 3 nitrogen and oxygen atoms in total. The molecule has 16 heavy (non-hydrogen) atoms. The number of halogens is 1. The molecule has 84 valence electrons. The van der Waals surface area contributed by atoms with Crippen LogP contribution in [0.2, 0.25) is 5.02 Å².